The molecule has 3 aromatic heterocycles. The van der Waals surface area contributed by atoms with Crippen molar-refractivity contribution in [3.8, 4) is 11.5 Å². The molecule has 0 spiro atoms. The van der Waals surface area contributed by atoms with Crippen LogP contribution in [-0.2, 0) is 6.61 Å². The van der Waals surface area contributed by atoms with Gasteiger partial charge in [0.05, 0.1) is 29.6 Å². The molecule has 7 nitrogen and oxygen atoms in total. The first-order valence-electron chi connectivity index (χ1n) is 10.5. The Balaban J connectivity index is 1.36. The molecule has 0 radical (unpaired) electrons. The van der Waals surface area contributed by atoms with Crippen molar-refractivity contribution in [2.75, 3.05) is 12.4 Å². The number of hydrogen-bond donors (Lipinski definition) is 1. The monoisotopic (exact) mass is 438 g/mol. The van der Waals surface area contributed by atoms with Crippen LogP contribution in [0.25, 0.3) is 16.6 Å². The summed E-state index contributed by atoms with van der Waals surface area (Å²) in [7, 11) is 1.58. The first-order chi connectivity index (χ1) is 16.1. The number of rotatable bonds is 6. The molecule has 0 aliphatic carbocycles. The Morgan fingerprint density at radius 2 is 1.85 bits per heavy atom. The molecule has 0 saturated carbocycles. The standard InChI is InChI=1S/C26H22N4O3/c1-17-21(13-18-7-3-4-8-22(18)27-17)26(31)29-19-10-11-23(32-2)24(14-19)33-16-20-15-30-12-6-5-9-25(30)28-20/h3-15H,16H2,1-2H3,(H,29,31). The Labute approximate surface area is 190 Å². The fourth-order valence-corrected chi connectivity index (χ4v) is 3.72. The minimum absolute atomic E-state index is 0.234. The molecule has 33 heavy (non-hydrogen) atoms. The van der Waals surface area contributed by atoms with Gasteiger partial charge >= 0.3 is 0 Å². The number of aryl methyl sites for hydroxylation is 1. The average Bonchev–Trinajstić information content (AvgIpc) is 3.25. The van der Waals surface area contributed by atoms with E-state index >= 15 is 0 Å². The molecule has 0 aliphatic rings. The smallest absolute Gasteiger partial charge is 0.257 e. The van der Waals surface area contributed by atoms with Crippen LogP contribution in [0.2, 0.25) is 0 Å². The maximum absolute atomic E-state index is 13.0. The zero-order valence-corrected chi connectivity index (χ0v) is 18.3. The Kier molecular flexibility index (Phi) is 5.36. The van der Waals surface area contributed by atoms with E-state index in [1.165, 1.54) is 0 Å². The van der Waals surface area contributed by atoms with Gasteiger partial charge in [-0.25, -0.2) is 4.98 Å². The minimum atomic E-state index is -0.234. The van der Waals surface area contributed by atoms with Gasteiger partial charge in [0, 0.05) is 29.5 Å². The number of amides is 1. The van der Waals surface area contributed by atoms with Crippen molar-refractivity contribution in [3.05, 3.63) is 96.1 Å². The number of carbonyl (C=O) groups is 1. The summed E-state index contributed by atoms with van der Waals surface area (Å²) >= 11 is 0. The Morgan fingerprint density at radius 1 is 1.00 bits per heavy atom. The highest BCUT2D eigenvalue weighted by atomic mass is 16.5. The van der Waals surface area contributed by atoms with Crippen molar-refractivity contribution in [1.82, 2.24) is 14.4 Å². The summed E-state index contributed by atoms with van der Waals surface area (Å²) < 4.78 is 13.4. The number of hydrogen-bond acceptors (Lipinski definition) is 5. The maximum Gasteiger partial charge on any atom is 0.257 e. The molecule has 1 amide bonds. The highest BCUT2D eigenvalue weighted by Crippen LogP contribution is 2.31. The number of pyridine rings is 2. The number of methoxy groups -OCH3 is 1. The normalized spacial score (nSPS) is 11.0. The number of benzene rings is 2. The molecule has 1 N–H and O–H groups in total. The summed E-state index contributed by atoms with van der Waals surface area (Å²) in [6.45, 7) is 2.10. The number of anilines is 1. The van der Waals surface area contributed by atoms with E-state index in [-0.39, 0.29) is 12.5 Å². The summed E-state index contributed by atoms with van der Waals surface area (Å²) in [6, 6.07) is 20.7. The Bertz CT molecular complexity index is 1440. The first kappa shape index (κ1) is 20.5. The SMILES string of the molecule is COc1ccc(NC(=O)c2cc3ccccc3nc2C)cc1OCc1cn2ccccc2n1. The molecule has 2 aromatic carbocycles. The number of para-hydroxylation sites is 1. The summed E-state index contributed by atoms with van der Waals surface area (Å²) in [5.41, 5.74) is 4.29. The van der Waals surface area contributed by atoms with Crippen LogP contribution in [0, 0.1) is 6.92 Å². The van der Waals surface area contributed by atoms with Crippen LogP contribution < -0.4 is 14.8 Å². The van der Waals surface area contributed by atoms with Crippen LogP contribution in [0.3, 0.4) is 0 Å². The second-order valence-corrected chi connectivity index (χ2v) is 7.62. The lowest BCUT2D eigenvalue weighted by Crippen LogP contribution is -2.14. The molecular formula is C26H22N4O3. The number of nitrogens with zero attached hydrogens (tertiary/aromatic N) is 3. The number of imidazole rings is 1. The fraction of sp³-hybridized carbons (Fsp3) is 0.115. The number of ether oxygens (including phenoxy) is 2. The van der Waals surface area contributed by atoms with Gasteiger partial charge in [-0.05, 0) is 43.3 Å². The van der Waals surface area contributed by atoms with Crippen LogP contribution in [0.15, 0.2) is 79.1 Å². The van der Waals surface area contributed by atoms with Crippen LogP contribution in [0.1, 0.15) is 21.7 Å². The number of nitrogens with one attached hydrogen (secondary N) is 1. The van der Waals surface area contributed by atoms with E-state index in [1.807, 2.05) is 72.2 Å². The molecule has 7 heteroatoms. The van der Waals surface area contributed by atoms with Gasteiger partial charge < -0.3 is 19.2 Å². The third-order valence-electron chi connectivity index (χ3n) is 5.37. The molecule has 0 saturated heterocycles. The van der Waals surface area contributed by atoms with Gasteiger partial charge in [-0.2, -0.15) is 0 Å². The number of carbonyl (C=O) groups excluding carboxylic acids is 1. The van der Waals surface area contributed by atoms with E-state index in [4.69, 9.17) is 9.47 Å². The lowest BCUT2D eigenvalue weighted by atomic mass is 10.1. The van der Waals surface area contributed by atoms with Crippen LogP contribution in [-0.4, -0.2) is 27.4 Å². The van der Waals surface area contributed by atoms with Crippen LogP contribution in [0.5, 0.6) is 11.5 Å². The summed E-state index contributed by atoms with van der Waals surface area (Å²) in [5.74, 6) is 0.850. The van der Waals surface area contributed by atoms with Crippen molar-refractivity contribution in [1.29, 1.82) is 0 Å². The molecule has 0 atom stereocenters. The quantitative estimate of drug-likeness (QED) is 0.402. The minimum Gasteiger partial charge on any atom is -0.493 e. The first-order valence-corrected chi connectivity index (χ1v) is 10.5. The maximum atomic E-state index is 13.0. The molecular weight excluding hydrogens is 416 g/mol. The molecule has 0 fully saturated rings. The topological polar surface area (TPSA) is 77.8 Å². The van der Waals surface area contributed by atoms with E-state index < -0.39 is 0 Å². The number of fused-ring (bicyclic) bond motifs is 2. The number of aromatic nitrogens is 3. The van der Waals surface area contributed by atoms with Gasteiger partial charge in [0.2, 0.25) is 0 Å². The van der Waals surface area contributed by atoms with Crippen molar-refractivity contribution in [2.45, 2.75) is 13.5 Å². The zero-order chi connectivity index (χ0) is 22.8. The van der Waals surface area contributed by atoms with Crippen molar-refractivity contribution in [3.63, 3.8) is 0 Å². The molecule has 0 aliphatic heterocycles. The van der Waals surface area contributed by atoms with E-state index in [0.29, 0.717) is 28.4 Å². The predicted octanol–water partition coefficient (Wildman–Crippen LogP) is 5.03. The summed E-state index contributed by atoms with van der Waals surface area (Å²) in [5, 5.41) is 3.86. The van der Waals surface area contributed by atoms with Gasteiger partial charge in [-0.3, -0.25) is 9.78 Å². The third-order valence-corrected chi connectivity index (χ3v) is 5.37. The highest BCUT2D eigenvalue weighted by molar-refractivity contribution is 6.06. The van der Waals surface area contributed by atoms with Gasteiger partial charge in [0.25, 0.3) is 5.91 Å². The summed E-state index contributed by atoms with van der Waals surface area (Å²) in [4.78, 5) is 22.1. The lowest BCUT2D eigenvalue weighted by Gasteiger charge is -2.13. The van der Waals surface area contributed by atoms with E-state index in [9.17, 15) is 4.79 Å². The molecule has 5 aromatic rings. The molecule has 0 unspecified atom stereocenters. The van der Waals surface area contributed by atoms with Crippen LogP contribution in [0.4, 0.5) is 5.69 Å². The van der Waals surface area contributed by atoms with Gasteiger partial charge in [0.15, 0.2) is 11.5 Å². The van der Waals surface area contributed by atoms with Gasteiger partial charge in [-0.1, -0.05) is 24.3 Å². The van der Waals surface area contributed by atoms with Crippen molar-refractivity contribution in [2.24, 2.45) is 0 Å². The highest BCUT2D eigenvalue weighted by Gasteiger charge is 2.14. The summed E-state index contributed by atoms with van der Waals surface area (Å²) in [6.07, 6.45) is 3.86. The second kappa shape index (κ2) is 8.63. The largest absolute Gasteiger partial charge is 0.493 e. The van der Waals surface area contributed by atoms with Crippen LogP contribution >= 0.6 is 0 Å². The fourth-order valence-electron chi connectivity index (χ4n) is 3.72. The average molecular weight is 438 g/mol. The molecule has 0 bridgehead atoms. The second-order valence-electron chi connectivity index (χ2n) is 7.62. The van der Waals surface area contributed by atoms with Gasteiger partial charge in [0.1, 0.15) is 12.3 Å². The van der Waals surface area contributed by atoms with E-state index in [0.717, 1.165) is 22.2 Å². The van der Waals surface area contributed by atoms with E-state index in [1.54, 1.807) is 25.3 Å². The Hall–Kier alpha value is -4.39. The lowest BCUT2D eigenvalue weighted by molar-refractivity contribution is 0.102. The third kappa shape index (κ3) is 4.21. The Morgan fingerprint density at radius 3 is 2.70 bits per heavy atom. The molecule has 5 rings (SSSR count). The zero-order valence-electron chi connectivity index (χ0n) is 18.3. The molecule has 164 valence electrons. The van der Waals surface area contributed by atoms with Crippen molar-refractivity contribution >= 4 is 28.1 Å². The molecule has 3 heterocycles. The van der Waals surface area contributed by atoms with Crippen molar-refractivity contribution < 1.29 is 14.3 Å². The predicted molar refractivity (Wildman–Crippen MR) is 127 cm³/mol. The van der Waals surface area contributed by atoms with Gasteiger partial charge in [-0.15, -0.1) is 0 Å². The van der Waals surface area contributed by atoms with E-state index in [2.05, 4.69) is 15.3 Å².